The summed E-state index contributed by atoms with van der Waals surface area (Å²) in [6.07, 6.45) is 0. The van der Waals surface area contributed by atoms with Crippen LogP contribution >= 0.6 is 11.6 Å². The molecule has 2 aromatic carbocycles. The number of hydrogen-bond acceptors (Lipinski definition) is 2. The van der Waals surface area contributed by atoms with Gasteiger partial charge in [-0.25, -0.2) is 0 Å². The number of anilines is 2. The average molecular weight is 303 g/mol. The second kappa shape index (κ2) is 6.97. The molecule has 0 aliphatic heterocycles. The van der Waals surface area contributed by atoms with Crippen LogP contribution in [0.15, 0.2) is 36.4 Å². The van der Waals surface area contributed by atoms with Gasteiger partial charge >= 0.3 is 0 Å². The minimum Gasteiger partial charge on any atom is -0.344 e. The highest BCUT2D eigenvalue weighted by Gasteiger charge is 2.09. The summed E-state index contributed by atoms with van der Waals surface area (Å²) in [6.45, 7) is 8.10. The van der Waals surface area contributed by atoms with Crippen molar-refractivity contribution in [1.29, 1.82) is 0 Å². The maximum absolute atomic E-state index is 6.40. The number of halogens is 1. The molecular weight excluding hydrogens is 280 g/mol. The number of rotatable bonds is 5. The van der Waals surface area contributed by atoms with Crippen molar-refractivity contribution in [3.63, 3.8) is 0 Å². The average Bonchev–Trinajstić information content (AvgIpc) is 2.45. The lowest BCUT2D eigenvalue weighted by Gasteiger charge is -2.23. The van der Waals surface area contributed by atoms with Gasteiger partial charge in [-0.2, -0.15) is 0 Å². The van der Waals surface area contributed by atoms with Crippen LogP contribution in [0.1, 0.15) is 23.6 Å². The van der Waals surface area contributed by atoms with Gasteiger partial charge in [0.25, 0.3) is 0 Å². The molecule has 1 N–H and O–H groups in total. The maximum atomic E-state index is 6.40. The second-order valence-electron chi connectivity index (χ2n) is 5.41. The quantitative estimate of drug-likeness (QED) is 0.850. The Hall–Kier alpha value is -1.51. The van der Waals surface area contributed by atoms with Crippen LogP contribution in [-0.4, -0.2) is 13.6 Å². The van der Waals surface area contributed by atoms with E-state index in [2.05, 4.69) is 68.4 Å². The molecule has 21 heavy (non-hydrogen) atoms. The Labute approximate surface area is 132 Å². The zero-order valence-corrected chi connectivity index (χ0v) is 14.0. The molecule has 0 aliphatic rings. The van der Waals surface area contributed by atoms with Crippen LogP contribution in [0.4, 0.5) is 11.4 Å². The van der Waals surface area contributed by atoms with Crippen LogP contribution in [0.2, 0.25) is 5.02 Å². The first kappa shape index (κ1) is 15.9. The zero-order valence-electron chi connectivity index (χ0n) is 13.2. The molecule has 2 rings (SSSR count). The molecule has 0 radical (unpaired) electrons. The van der Waals surface area contributed by atoms with Gasteiger partial charge in [-0.1, -0.05) is 42.3 Å². The highest BCUT2D eigenvalue weighted by Crippen LogP contribution is 2.30. The van der Waals surface area contributed by atoms with Crippen LogP contribution < -0.4 is 10.2 Å². The molecule has 0 bridgehead atoms. The maximum Gasteiger partial charge on any atom is 0.0471 e. The molecule has 112 valence electrons. The minimum atomic E-state index is 0.808. The number of nitrogens with zero attached hydrogens (tertiary/aromatic N) is 1. The summed E-state index contributed by atoms with van der Waals surface area (Å²) in [7, 11) is 2.08. The Kier molecular flexibility index (Phi) is 5.27. The number of aryl methyl sites for hydroxylation is 2. The lowest BCUT2D eigenvalue weighted by atomic mass is 10.1. The van der Waals surface area contributed by atoms with Crippen molar-refractivity contribution in [2.24, 2.45) is 0 Å². The van der Waals surface area contributed by atoms with Gasteiger partial charge in [-0.05, 0) is 49.7 Å². The molecule has 2 aromatic rings. The van der Waals surface area contributed by atoms with E-state index in [0.717, 1.165) is 29.4 Å². The van der Waals surface area contributed by atoms with E-state index in [4.69, 9.17) is 11.6 Å². The van der Waals surface area contributed by atoms with E-state index < -0.39 is 0 Å². The molecule has 0 spiro atoms. The predicted molar refractivity (Wildman–Crippen MR) is 92.8 cm³/mol. The van der Waals surface area contributed by atoms with Crippen molar-refractivity contribution in [3.05, 3.63) is 58.1 Å². The monoisotopic (exact) mass is 302 g/mol. The van der Waals surface area contributed by atoms with E-state index in [-0.39, 0.29) is 0 Å². The summed E-state index contributed by atoms with van der Waals surface area (Å²) in [4.78, 5) is 2.18. The second-order valence-corrected chi connectivity index (χ2v) is 5.81. The molecule has 0 atom stereocenters. The van der Waals surface area contributed by atoms with Gasteiger partial charge in [0.05, 0.1) is 0 Å². The van der Waals surface area contributed by atoms with Gasteiger partial charge in [0.1, 0.15) is 0 Å². The van der Waals surface area contributed by atoms with Gasteiger partial charge in [-0.3, -0.25) is 0 Å². The molecule has 2 nitrogen and oxygen atoms in total. The Morgan fingerprint density at radius 2 is 1.86 bits per heavy atom. The fraction of sp³-hybridized carbons (Fsp3) is 0.333. The van der Waals surface area contributed by atoms with E-state index in [1.54, 1.807) is 0 Å². The summed E-state index contributed by atoms with van der Waals surface area (Å²) >= 11 is 6.40. The normalized spacial score (nSPS) is 10.7. The fourth-order valence-corrected chi connectivity index (χ4v) is 2.71. The molecule has 0 unspecified atom stereocenters. The topological polar surface area (TPSA) is 15.3 Å². The first-order valence-electron chi connectivity index (χ1n) is 7.33. The van der Waals surface area contributed by atoms with Crippen molar-refractivity contribution in [3.8, 4) is 0 Å². The molecule has 0 aromatic heterocycles. The SMILES string of the molecule is CCNCc1ccc(N(C)c2ccc(C)cc2C)cc1Cl. The van der Waals surface area contributed by atoms with Crippen LogP contribution in [0.3, 0.4) is 0 Å². The molecule has 0 saturated carbocycles. The molecule has 0 aliphatic carbocycles. The van der Waals surface area contributed by atoms with Crippen molar-refractivity contribution >= 4 is 23.0 Å². The van der Waals surface area contributed by atoms with E-state index in [1.165, 1.54) is 16.8 Å². The molecule has 0 amide bonds. The van der Waals surface area contributed by atoms with E-state index >= 15 is 0 Å². The Morgan fingerprint density at radius 1 is 1.10 bits per heavy atom. The molecule has 0 saturated heterocycles. The van der Waals surface area contributed by atoms with E-state index in [1.807, 2.05) is 6.07 Å². The summed E-state index contributed by atoms with van der Waals surface area (Å²) in [5.41, 5.74) is 5.99. The van der Waals surface area contributed by atoms with Crippen molar-refractivity contribution < 1.29 is 0 Å². The van der Waals surface area contributed by atoms with E-state index in [0.29, 0.717) is 0 Å². The van der Waals surface area contributed by atoms with Gasteiger partial charge < -0.3 is 10.2 Å². The summed E-state index contributed by atoms with van der Waals surface area (Å²) in [5, 5.41) is 4.11. The Bertz CT molecular complexity index is 623. The third-order valence-corrected chi connectivity index (χ3v) is 4.05. The van der Waals surface area contributed by atoms with Crippen molar-refractivity contribution in [2.45, 2.75) is 27.3 Å². The van der Waals surface area contributed by atoms with Crippen LogP contribution in [-0.2, 0) is 6.54 Å². The van der Waals surface area contributed by atoms with Crippen LogP contribution in [0, 0.1) is 13.8 Å². The van der Waals surface area contributed by atoms with Crippen LogP contribution in [0.25, 0.3) is 0 Å². The summed E-state index contributed by atoms with van der Waals surface area (Å²) in [6, 6.07) is 12.8. The third-order valence-electron chi connectivity index (χ3n) is 3.70. The standard InChI is InChI=1S/C18H23ClN2/c1-5-20-12-15-7-8-16(11-17(15)19)21(4)18-9-6-13(2)10-14(18)3/h6-11,20H,5,12H2,1-4H3. The summed E-state index contributed by atoms with van der Waals surface area (Å²) < 4.78 is 0. The van der Waals surface area contributed by atoms with Gasteiger partial charge in [0.2, 0.25) is 0 Å². The lowest BCUT2D eigenvalue weighted by Crippen LogP contribution is -2.13. The highest BCUT2D eigenvalue weighted by molar-refractivity contribution is 6.31. The first-order valence-corrected chi connectivity index (χ1v) is 7.71. The Morgan fingerprint density at radius 3 is 2.48 bits per heavy atom. The highest BCUT2D eigenvalue weighted by atomic mass is 35.5. The third kappa shape index (κ3) is 3.78. The van der Waals surface area contributed by atoms with E-state index in [9.17, 15) is 0 Å². The zero-order chi connectivity index (χ0) is 15.4. The molecular formula is C18H23ClN2. The number of benzene rings is 2. The van der Waals surface area contributed by atoms with Gasteiger partial charge in [0.15, 0.2) is 0 Å². The molecule has 0 fully saturated rings. The smallest absolute Gasteiger partial charge is 0.0471 e. The summed E-state index contributed by atoms with van der Waals surface area (Å²) in [5.74, 6) is 0. The van der Waals surface area contributed by atoms with Crippen LogP contribution in [0.5, 0.6) is 0 Å². The van der Waals surface area contributed by atoms with Crippen molar-refractivity contribution in [1.82, 2.24) is 5.32 Å². The number of hydrogen-bond donors (Lipinski definition) is 1. The minimum absolute atomic E-state index is 0.808. The largest absolute Gasteiger partial charge is 0.344 e. The fourth-order valence-electron chi connectivity index (χ4n) is 2.47. The predicted octanol–water partition coefficient (Wildman–Crippen LogP) is 4.83. The van der Waals surface area contributed by atoms with Gasteiger partial charge in [0, 0.05) is 30.0 Å². The number of nitrogens with one attached hydrogen (secondary N) is 1. The molecule has 0 heterocycles. The lowest BCUT2D eigenvalue weighted by molar-refractivity contribution is 0.727. The van der Waals surface area contributed by atoms with Gasteiger partial charge in [-0.15, -0.1) is 0 Å². The Balaban J connectivity index is 2.27. The molecule has 3 heteroatoms. The first-order chi connectivity index (χ1) is 10.0. The van der Waals surface area contributed by atoms with Crippen molar-refractivity contribution in [2.75, 3.05) is 18.5 Å².